The Morgan fingerprint density at radius 1 is 1.17 bits per heavy atom. The molecule has 3 nitrogen and oxygen atoms in total. The number of rotatable bonds is 8. The molecule has 0 aromatic heterocycles. The fourth-order valence-electron chi connectivity index (χ4n) is 2.79. The third-order valence-corrected chi connectivity index (χ3v) is 4.46. The van der Waals surface area contributed by atoms with E-state index in [1.54, 1.807) is 0 Å². The summed E-state index contributed by atoms with van der Waals surface area (Å²) in [6, 6.07) is 8.17. The monoisotopic (exact) mass is 392 g/mol. The Kier molecular flexibility index (Phi) is 12.7. The molecule has 1 heterocycles. The van der Waals surface area contributed by atoms with Gasteiger partial charge in [0.25, 0.3) is 0 Å². The normalized spacial score (nSPS) is 16.6. The minimum Gasteiger partial charge on any atom is -0.492 e. The van der Waals surface area contributed by atoms with Crippen molar-refractivity contribution in [1.29, 1.82) is 0 Å². The summed E-state index contributed by atoms with van der Waals surface area (Å²) in [5.74, 6) is 0.956. The summed E-state index contributed by atoms with van der Waals surface area (Å²) < 4.78 is 5.97. The van der Waals surface area contributed by atoms with Crippen LogP contribution in [-0.2, 0) is 6.42 Å². The first kappa shape index (κ1) is 23.6. The average Bonchev–Trinajstić information content (AvgIpc) is 2.55. The fourth-order valence-corrected chi connectivity index (χ4v) is 3.10. The molecule has 1 fully saturated rings. The number of hydrogen-bond donors (Lipinski definition) is 1. The van der Waals surface area contributed by atoms with Gasteiger partial charge in [-0.25, -0.2) is 0 Å². The molecule has 0 N–H and O–H groups in total. The number of allylic oxidation sites excluding steroid dienone is 1. The molecule has 6 heteroatoms. The van der Waals surface area contributed by atoms with E-state index in [1.165, 1.54) is 18.7 Å². The van der Waals surface area contributed by atoms with Gasteiger partial charge in [0.2, 0.25) is 0 Å². The molecule has 1 aliphatic rings. The molecule has 2 rings (SSSR count). The lowest BCUT2D eigenvalue weighted by atomic mass is 10.1. The van der Waals surface area contributed by atoms with Gasteiger partial charge in [0, 0.05) is 38.0 Å². The van der Waals surface area contributed by atoms with E-state index in [9.17, 15) is 0 Å². The van der Waals surface area contributed by atoms with Crippen molar-refractivity contribution >= 4 is 37.4 Å². The number of hydrogen-bond acceptors (Lipinski definition) is 4. The van der Waals surface area contributed by atoms with E-state index in [-0.39, 0.29) is 30.1 Å². The minimum absolute atomic E-state index is 0. The Labute approximate surface area is 164 Å². The smallest absolute Gasteiger partial charge is 0.122 e. The maximum Gasteiger partial charge on any atom is 0.122 e. The molecule has 1 aromatic rings. The summed E-state index contributed by atoms with van der Waals surface area (Å²) in [6.07, 6.45) is 2.75. The molecule has 1 unspecified atom stereocenters. The van der Waals surface area contributed by atoms with Crippen molar-refractivity contribution in [2.45, 2.75) is 18.6 Å². The molecular weight excluding hydrogens is 363 g/mol. The van der Waals surface area contributed by atoms with E-state index >= 15 is 0 Å². The molecule has 0 aliphatic carbocycles. The van der Waals surface area contributed by atoms with Crippen molar-refractivity contribution in [2.24, 2.45) is 0 Å². The van der Waals surface area contributed by atoms with Crippen LogP contribution >= 0.6 is 37.4 Å². The Bertz CT molecular complexity index is 468. The number of piperazine rings is 1. The van der Waals surface area contributed by atoms with E-state index in [0.717, 1.165) is 38.3 Å². The molecule has 1 aliphatic heterocycles. The van der Waals surface area contributed by atoms with Gasteiger partial charge < -0.3 is 9.64 Å². The highest BCUT2D eigenvalue weighted by molar-refractivity contribution is 7.81. The lowest BCUT2D eigenvalue weighted by Gasteiger charge is -2.35. The van der Waals surface area contributed by atoms with Gasteiger partial charge in [-0.3, -0.25) is 4.90 Å². The van der Waals surface area contributed by atoms with E-state index in [4.69, 9.17) is 17.4 Å². The van der Waals surface area contributed by atoms with Gasteiger partial charge in [-0.2, -0.15) is 12.6 Å². The van der Waals surface area contributed by atoms with Gasteiger partial charge in [0.15, 0.2) is 0 Å². The van der Waals surface area contributed by atoms with Crippen LogP contribution in [0.5, 0.6) is 5.75 Å². The predicted molar refractivity (Wildman–Crippen MR) is 112 cm³/mol. The summed E-state index contributed by atoms with van der Waals surface area (Å²) in [5.41, 5.74) is 1.19. The van der Waals surface area contributed by atoms with Gasteiger partial charge >= 0.3 is 0 Å². The SMILES string of the molecule is C=CCc1ccccc1OCC(S)CN1CCN(CC)CC1.Cl.Cl. The third-order valence-electron chi connectivity index (χ3n) is 4.15. The van der Waals surface area contributed by atoms with Gasteiger partial charge in [-0.15, -0.1) is 31.4 Å². The zero-order chi connectivity index (χ0) is 15.8. The minimum atomic E-state index is 0. The standard InChI is InChI=1S/C18H28N2OS.2ClH/c1-3-7-16-8-5-6-9-18(16)21-15-17(22)14-20-12-10-19(4-2)11-13-20;;/h3,5-6,8-9,17,22H,1,4,7,10-15H2,2H3;2*1H. The molecule has 0 radical (unpaired) electrons. The zero-order valence-corrected chi connectivity index (χ0v) is 16.9. The highest BCUT2D eigenvalue weighted by Gasteiger charge is 2.18. The van der Waals surface area contributed by atoms with Crippen molar-refractivity contribution in [2.75, 3.05) is 45.9 Å². The van der Waals surface area contributed by atoms with Crippen LogP contribution in [0.15, 0.2) is 36.9 Å². The number of likely N-dealkylation sites (N-methyl/N-ethyl adjacent to an activating group) is 1. The molecule has 24 heavy (non-hydrogen) atoms. The van der Waals surface area contributed by atoms with E-state index in [1.807, 2.05) is 24.3 Å². The van der Waals surface area contributed by atoms with Crippen molar-refractivity contribution in [3.8, 4) is 5.75 Å². The van der Waals surface area contributed by atoms with Crippen LogP contribution in [0.1, 0.15) is 12.5 Å². The summed E-state index contributed by atoms with van der Waals surface area (Å²) in [7, 11) is 0. The highest BCUT2D eigenvalue weighted by atomic mass is 35.5. The van der Waals surface area contributed by atoms with Crippen LogP contribution in [0, 0.1) is 0 Å². The van der Waals surface area contributed by atoms with Crippen LogP contribution in [0.4, 0.5) is 0 Å². The number of halogens is 2. The number of thiol groups is 1. The Morgan fingerprint density at radius 3 is 2.42 bits per heavy atom. The second kappa shape index (κ2) is 12.9. The lowest BCUT2D eigenvalue weighted by Crippen LogP contribution is -2.48. The first-order chi connectivity index (χ1) is 10.7. The van der Waals surface area contributed by atoms with Crippen LogP contribution in [0.25, 0.3) is 0 Å². The quantitative estimate of drug-likeness (QED) is 0.537. The second-order valence-electron chi connectivity index (χ2n) is 5.80. The van der Waals surface area contributed by atoms with E-state index in [0.29, 0.717) is 6.61 Å². The molecule has 138 valence electrons. The van der Waals surface area contributed by atoms with Crippen LogP contribution in [0.2, 0.25) is 0 Å². The van der Waals surface area contributed by atoms with Gasteiger partial charge in [-0.05, 0) is 24.6 Å². The van der Waals surface area contributed by atoms with Crippen LogP contribution in [0.3, 0.4) is 0 Å². The van der Waals surface area contributed by atoms with Crippen molar-refractivity contribution in [1.82, 2.24) is 9.80 Å². The summed E-state index contributed by atoms with van der Waals surface area (Å²) in [6.45, 7) is 13.4. The molecular formula is C18H30Cl2N2OS. The lowest BCUT2D eigenvalue weighted by molar-refractivity contribution is 0.132. The summed E-state index contributed by atoms with van der Waals surface area (Å²) >= 11 is 4.70. The number of para-hydroxylation sites is 1. The first-order valence-corrected chi connectivity index (χ1v) is 8.69. The highest BCUT2D eigenvalue weighted by Crippen LogP contribution is 2.19. The van der Waals surface area contributed by atoms with Crippen LogP contribution < -0.4 is 4.74 Å². The Hall–Kier alpha value is -0.390. The summed E-state index contributed by atoms with van der Waals surface area (Å²) in [4.78, 5) is 4.98. The number of benzene rings is 1. The predicted octanol–water partition coefficient (Wildman–Crippen LogP) is 3.57. The average molecular weight is 393 g/mol. The Morgan fingerprint density at radius 2 is 1.79 bits per heavy atom. The molecule has 0 saturated carbocycles. The molecule has 1 atom stereocenters. The molecule has 1 saturated heterocycles. The Balaban J connectivity index is 0.00000264. The molecule has 0 amide bonds. The maximum atomic E-state index is 5.97. The first-order valence-electron chi connectivity index (χ1n) is 8.17. The van der Waals surface area contributed by atoms with Gasteiger partial charge in [-0.1, -0.05) is 31.2 Å². The zero-order valence-electron chi connectivity index (χ0n) is 14.4. The van der Waals surface area contributed by atoms with Crippen LogP contribution in [-0.4, -0.2) is 60.9 Å². The topological polar surface area (TPSA) is 15.7 Å². The summed E-state index contributed by atoms with van der Waals surface area (Å²) in [5, 5.41) is 0.241. The molecule has 0 spiro atoms. The van der Waals surface area contributed by atoms with Gasteiger partial charge in [0.05, 0.1) is 0 Å². The van der Waals surface area contributed by atoms with Crippen molar-refractivity contribution in [3.63, 3.8) is 0 Å². The largest absolute Gasteiger partial charge is 0.492 e. The van der Waals surface area contributed by atoms with E-state index < -0.39 is 0 Å². The van der Waals surface area contributed by atoms with Crippen molar-refractivity contribution < 1.29 is 4.74 Å². The van der Waals surface area contributed by atoms with Gasteiger partial charge in [0.1, 0.15) is 12.4 Å². The van der Waals surface area contributed by atoms with E-state index in [2.05, 4.69) is 29.4 Å². The fraction of sp³-hybridized carbons (Fsp3) is 0.556. The second-order valence-corrected chi connectivity index (χ2v) is 6.53. The molecule has 1 aromatic carbocycles. The number of ether oxygens (including phenoxy) is 1. The third kappa shape index (κ3) is 7.66. The number of nitrogens with zero attached hydrogens (tertiary/aromatic N) is 2. The maximum absolute atomic E-state index is 5.97. The van der Waals surface area contributed by atoms with Crippen molar-refractivity contribution in [3.05, 3.63) is 42.5 Å². The molecule has 0 bridgehead atoms.